The average molecular weight is 462 g/mol. The molecule has 0 unspecified atom stereocenters. The quantitative estimate of drug-likeness (QED) is 0.566. The second-order valence-corrected chi connectivity index (χ2v) is 9.45. The zero-order valence-electron chi connectivity index (χ0n) is 18.6. The molecule has 2 aromatic rings. The Bertz CT molecular complexity index is 1180. The van der Waals surface area contributed by atoms with Gasteiger partial charge in [0.1, 0.15) is 17.6 Å². The number of hydrogen-bond donors (Lipinski definition) is 3. The normalized spacial score (nSPS) is 17.2. The van der Waals surface area contributed by atoms with Gasteiger partial charge in [-0.2, -0.15) is 8.42 Å². The van der Waals surface area contributed by atoms with E-state index in [0.29, 0.717) is 12.2 Å². The lowest BCUT2D eigenvalue weighted by atomic mass is 10.0. The molecule has 0 spiro atoms. The second-order valence-electron chi connectivity index (χ2n) is 8.11. The first-order valence-electron chi connectivity index (χ1n) is 10.0. The third-order valence-electron chi connectivity index (χ3n) is 4.66. The topological polar surface area (TPSA) is 137 Å². The van der Waals surface area contributed by atoms with Crippen molar-refractivity contribution >= 4 is 33.5 Å². The second kappa shape index (κ2) is 9.03. The van der Waals surface area contributed by atoms with E-state index < -0.39 is 22.2 Å². The Kier molecular flexibility index (Phi) is 6.58. The fraction of sp³-hybridized carbons (Fsp3) is 0.381. The summed E-state index contributed by atoms with van der Waals surface area (Å²) < 4.78 is 36.0. The molecule has 0 fully saturated rings. The number of phenolic OH excluding ortho intramolecular Hbond substituents is 1. The average Bonchev–Trinajstić information content (AvgIpc) is 3.24. The highest BCUT2D eigenvalue weighted by atomic mass is 32.2. The molecule has 10 nitrogen and oxygen atoms in total. The minimum atomic E-state index is -4.01. The van der Waals surface area contributed by atoms with Crippen LogP contribution >= 0.6 is 0 Å². The third kappa shape index (κ3) is 5.28. The maximum atomic E-state index is 12.3. The highest BCUT2D eigenvalue weighted by molar-refractivity contribution is 7.89. The van der Waals surface area contributed by atoms with E-state index in [9.17, 15) is 18.3 Å². The van der Waals surface area contributed by atoms with Crippen LogP contribution in [0.5, 0.6) is 5.75 Å². The van der Waals surface area contributed by atoms with Crippen LogP contribution in [-0.4, -0.2) is 50.1 Å². The van der Waals surface area contributed by atoms with E-state index in [1.807, 2.05) is 32.9 Å². The molecule has 1 aromatic carbocycles. The number of aryl methyl sites for hydroxylation is 1. The van der Waals surface area contributed by atoms with Crippen molar-refractivity contribution in [3.8, 4) is 5.75 Å². The third-order valence-corrected chi connectivity index (χ3v) is 5.53. The Morgan fingerprint density at radius 2 is 2.00 bits per heavy atom. The highest BCUT2D eigenvalue weighted by Crippen LogP contribution is 2.30. The fourth-order valence-electron chi connectivity index (χ4n) is 3.18. The molecule has 11 heteroatoms. The number of amides is 1. The van der Waals surface area contributed by atoms with Crippen molar-refractivity contribution in [3.63, 3.8) is 0 Å². The van der Waals surface area contributed by atoms with Crippen molar-refractivity contribution in [3.05, 3.63) is 47.4 Å². The van der Waals surface area contributed by atoms with Gasteiger partial charge in [0.15, 0.2) is 17.4 Å². The Morgan fingerprint density at radius 1 is 1.28 bits per heavy atom. The van der Waals surface area contributed by atoms with Crippen LogP contribution in [0.15, 0.2) is 44.1 Å². The van der Waals surface area contributed by atoms with Gasteiger partial charge in [-0.25, -0.2) is 4.72 Å². The maximum Gasteiger partial charge on any atom is 0.345 e. The SMILES string of the molecule is Cc1ccc([C@@H](CC(C)C)N=C2NS(=O)(=O)N=C2Nc2cccc(C(=O)N(C)C)c2O)o1. The first-order valence-corrected chi connectivity index (χ1v) is 11.5. The summed E-state index contributed by atoms with van der Waals surface area (Å²) in [6.45, 7) is 5.88. The van der Waals surface area contributed by atoms with E-state index in [1.54, 1.807) is 20.2 Å². The number of furan rings is 1. The molecule has 1 atom stereocenters. The van der Waals surface area contributed by atoms with Gasteiger partial charge in [-0.15, -0.1) is 4.40 Å². The molecule has 32 heavy (non-hydrogen) atoms. The standard InChI is InChI=1S/C21H27N5O5S/c1-12(2)11-16(17-10-9-13(3)31-17)23-20-19(24-32(29,30)25-20)22-15-8-6-7-14(18(15)27)21(28)26(4)5/h6-10,12,16,27H,11H2,1-5H3,(H,22,24)(H,23,25)/t16-/m1/s1. The molecular formula is C21H27N5O5S. The van der Waals surface area contributed by atoms with Gasteiger partial charge >= 0.3 is 10.2 Å². The van der Waals surface area contributed by atoms with Crippen molar-refractivity contribution in [2.75, 3.05) is 19.4 Å². The summed E-state index contributed by atoms with van der Waals surface area (Å²) in [5.41, 5.74) is 0.189. The number of amidine groups is 2. The van der Waals surface area contributed by atoms with Crippen LogP contribution in [-0.2, 0) is 10.2 Å². The summed E-state index contributed by atoms with van der Waals surface area (Å²) in [6.07, 6.45) is 0.615. The number of carbonyl (C=O) groups excluding carboxylic acids is 1. The van der Waals surface area contributed by atoms with Crippen LogP contribution in [0.3, 0.4) is 0 Å². The van der Waals surface area contributed by atoms with E-state index in [2.05, 4.69) is 19.4 Å². The molecule has 0 saturated carbocycles. The number of anilines is 1. The van der Waals surface area contributed by atoms with Gasteiger partial charge < -0.3 is 19.7 Å². The van der Waals surface area contributed by atoms with E-state index in [4.69, 9.17) is 4.42 Å². The molecule has 1 aliphatic rings. The molecule has 172 valence electrons. The molecular weight excluding hydrogens is 434 g/mol. The molecule has 1 aromatic heterocycles. The van der Waals surface area contributed by atoms with Gasteiger partial charge in [-0.3, -0.25) is 9.79 Å². The lowest BCUT2D eigenvalue weighted by Crippen LogP contribution is -2.31. The molecule has 3 N–H and O–H groups in total. The zero-order chi connectivity index (χ0) is 23.6. The van der Waals surface area contributed by atoms with Crippen LogP contribution in [0.25, 0.3) is 0 Å². The summed E-state index contributed by atoms with van der Waals surface area (Å²) in [5, 5.41) is 13.4. The smallest absolute Gasteiger partial charge is 0.345 e. The van der Waals surface area contributed by atoms with Gasteiger partial charge in [0, 0.05) is 14.1 Å². The van der Waals surface area contributed by atoms with Crippen molar-refractivity contribution in [2.24, 2.45) is 15.3 Å². The van der Waals surface area contributed by atoms with Gasteiger partial charge in [0.2, 0.25) is 0 Å². The van der Waals surface area contributed by atoms with E-state index in [1.165, 1.54) is 17.0 Å². The molecule has 1 aliphatic heterocycles. The molecule has 0 aliphatic carbocycles. The molecule has 2 heterocycles. The number of carbonyl (C=O) groups is 1. The lowest BCUT2D eigenvalue weighted by molar-refractivity contribution is 0.0824. The van der Waals surface area contributed by atoms with Gasteiger partial charge in [-0.05, 0) is 43.5 Å². The fourth-order valence-corrected chi connectivity index (χ4v) is 3.99. The monoisotopic (exact) mass is 461 g/mol. The number of nitrogens with one attached hydrogen (secondary N) is 2. The number of aliphatic imine (C=N–C) groups is 1. The van der Waals surface area contributed by atoms with Gasteiger partial charge in [0.25, 0.3) is 5.91 Å². The Labute approximate surface area is 187 Å². The summed E-state index contributed by atoms with van der Waals surface area (Å²) in [6, 6.07) is 7.74. The van der Waals surface area contributed by atoms with E-state index in [-0.39, 0.29) is 34.6 Å². The Hall–Kier alpha value is -3.34. The van der Waals surface area contributed by atoms with Crippen LogP contribution in [0.1, 0.15) is 48.2 Å². The summed E-state index contributed by atoms with van der Waals surface area (Å²) in [4.78, 5) is 18.2. The first-order chi connectivity index (χ1) is 15.0. The van der Waals surface area contributed by atoms with Crippen LogP contribution in [0.2, 0.25) is 0 Å². The minimum absolute atomic E-state index is 0.00607. The van der Waals surface area contributed by atoms with E-state index >= 15 is 0 Å². The van der Waals surface area contributed by atoms with Crippen molar-refractivity contribution in [1.29, 1.82) is 0 Å². The zero-order valence-corrected chi connectivity index (χ0v) is 19.4. The molecule has 0 radical (unpaired) electrons. The number of hydrogen-bond acceptors (Lipinski definition) is 7. The number of para-hydroxylation sites is 1. The van der Waals surface area contributed by atoms with Crippen molar-refractivity contribution in [1.82, 2.24) is 9.62 Å². The Morgan fingerprint density at radius 3 is 2.59 bits per heavy atom. The summed E-state index contributed by atoms with van der Waals surface area (Å²) >= 11 is 0. The lowest BCUT2D eigenvalue weighted by Gasteiger charge is -2.16. The predicted octanol–water partition coefficient (Wildman–Crippen LogP) is 2.84. The number of benzene rings is 1. The van der Waals surface area contributed by atoms with Crippen molar-refractivity contribution < 1.29 is 22.7 Å². The number of phenols is 1. The minimum Gasteiger partial charge on any atom is -0.505 e. The Balaban J connectivity index is 1.98. The molecule has 1 amide bonds. The molecule has 0 saturated heterocycles. The molecule has 0 bridgehead atoms. The van der Waals surface area contributed by atoms with E-state index in [0.717, 1.165) is 5.76 Å². The van der Waals surface area contributed by atoms with Gasteiger partial charge in [0.05, 0.1) is 11.3 Å². The number of aromatic hydroxyl groups is 1. The maximum absolute atomic E-state index is 12.3. The highest BCUT2D eigenvalue weighted by Gasteiger charge is 2.30. The summed E-state index contributed by atoms with van der Waals surface area (Å²) in [5.74, 6) is 0.775. The largest absolute Gasteiger partial charge is 0.505 e. The first kappa shape index (κ1) is 23.3. The predicted molar refractivity (Wildman–Crippen MR) is 122 cm³/mol. The van der Waals surface area contributed by atoms with Crippen molar-refractivity contribution in [2.45, 2.75) is 33.2 Å². The number of rotatable bonds is 6. The summed E-state index contributed by atoms with van der Waals surface area (Å²) in [7, 11) is -0.882. The van der Waals surface area contributed by atoms with Crippen LogP contribution < -0.4 is 10.0 Å². The van der Waals surface area contributed by atoms with Gasteiger partial charge in [-0.1, -0.05) is 19.9 Å². The molecule has 3 rings (SSSR count). The van der Waals surface area contributed by atoms with Crippen LogP contribution in [0, 0.1) is 12.8 Å². The van der Waals surface area contributed by atoms with Crippen LogP contribution in [0.4, 0.5) is 5.69 Å². The number of nitrogens with zero attached hydrogens (tertiary/aromatic N) is 3.